The first-order valence-electron chi connectivity index (χ1n) is 8.30. The molecule has 1 heterocycles. The van der Waals surface area contributed by atoms with Gasteiger partial charge in [0.25, 0.3) is 5.95 Å². The Hall–Kier alpha value is -2.88. The Morgan fingerprint density at radius 2 is 2.15 bits per heavy atom. The minimum absolute atomic E-state index is 0.0426. The van der Waals surface area contributed by atoms with Gasteiger partial charge < -0.3 is 0 Å². The van der Waals surface area contributed by atoms with Crippen molar-refractivity contribution in [2.45, 2.75) is 32.6 Å². The van der Waals surface area contributed by atoms with Crippen LogP contribution in [0.4, 0.5) is 10.3 Å². The van der Waals surface area contributed by atoms with Gasteiger partial charge in [-0.3, -0.25) is 25.6 Å². The molecule has 0 saturated carbocycles. The van der Waals surface area contributed by atoms with E-state index >= 15 is 0 Å². The second-order valence-electron chi connectivity index (χ2n) is 5.80. The third-order valence-corrected chi connectivity index (χ3v) is 3.77. The fraction of sp³-hybridized carbons (Fsp3) is 0.438. The van der Waals surface area contributed by atoms with Crippen LogP contribution in [-0.4, -0.2) is 44.3 Å². The Bertz CT molecular complexity index is 760. The molecule has 0 saturated heterocycles. The van der Waals surface area contributed by atoms with Crippen LogP contribution in [0.25, 0.3) is 11.0 Å². The van der Waals surface area contributed by atoms with Crippen molar-refractivity contribution < 1.29 is 19.2 Å². The van der Waals surface area contributed by atoms with Crippen LogP contribution in [0, 0.1) is 11.7 Å². The molecule has 10 heteroatoms. The fourth-order valence-electron chi connectivity index (χ4n) is 2.40. The third-order valence-electron chi connectivity index (χ3n) is 3.77. The molecule has 1 atom stereocenters. The molecule has 2 aromatic rings. The summed E-state index contributed by atoms with van der Waals surface area (Å²) in [4.78, 5) is 27.0. The maximum atomic E-state index is 13.1. The van der Waals surface area contributed by atoms with Gasteiger partial charge >= 0.3 is 0 Å². The number of unbranched alkanes of at least 4 members (excludes halogenated alkanes) is 2. The minimum Gasteiger partial charge on any atom is -0.286 e. The first-order valence-corrected chi connectivity index (χ1v) is 8.30. The lowest BCUT2D eigenvalue weighted by atomic mass is 10.0. The van der Waals surface area contributed by atoms with E-state index in [9.17, 15) is 19.2 Å². The minimum atomic E-state index is -0.591. The molecule has 140 valence electrons. The number of aromatic nitrogens is 3. The molecule has 0 radical (unpaired) electrons. The number of hydrogen-bond acceptors (Lipinski definition) is 7. The van der Waals surface area contributed by atoms with Gasteiger partial charge in [-0.05, 0) is 18.6 Å². The van der Waals surface area contributed by atoms with E-state index in [4.69, 9.17) is 0 Å². The van der Waals surface area contributed by atoms with Crippen LogP contribution in [0.1, 0.15) is 32.6 Å². The Morgan fingerprint density at radius 3 is 2.88 bits per heavy atom. The van der Waals surface area contributed by atoms with Gasteiger partial charge in [0.2, 0.25) is 12.3 Å². The number of benzene rings is 1. The molecule has 0 unspecified atom stereocenters. The molecule has 0 aliphatic carbocycles. The number of nitrogens with zero attached hydrogens (tertiary/aromatic N) is 4. The molecule has 9 nitrogen and oxygen atoms in total. The van der Waals surface area contributed by atoms with E-state index in [1.54, 1.807) is 0 Å². The fourth-order valence-corrected chi connectivity index (χ4v) is 2.40. The summed E-state index contributed by atoms with van der Waals surface area (Å²) in [6, 6.07) is 3.91. The smallest absolute Gasteiger partial charge is 0.262 e. The highest BCUT2D eigenvalue weighted by Gasteiger charge is 2.20. The highest BCUT2D eigenvalue weighted by Crippen LogP contribution is 2.13. The molecular weight excluding hydrogens is 343 g/mol. The maximum Gasteiger partial charge on any atom is 0.262 e. The molecule has 0 fully saturated rings. The zero-order valence-corrected chi connectivity index (χ0v) is 14.4. The molecule has 0 bridgehead atoms. The Morgan fingerprint density at radius 1 is 1.35 bits per heavy atom. The predicted octanol–water partition coefficient (Wildman–Crippen LogP) is 1.65. The summed E-state index contributed by atoms with van der Waals surface area (Å²) in [6.45, 7) is 1.92. The van der Waals surface area contributed by atoms with E-state index in [1.807, 2.05) is 6.92 Å². The number of hydroxylamine groups is 2. The van der Waals surface area contributed by atoms with Crippen LogP contribution in [0.3, 0.4) is 0 Å². The van der Waals surface area contributed by atoms with Crippen molar-refractivity contribution >= 4 is 29.3 Å². The molecule has 3 N–H and O–H groups in total. The van der Waals surface area contributed by atoms with Crippen molar-refractivity contribution in [3.8, 4) is 0 Å². The molecule has 2 amide bonds. The topological polar surface area (TPSA) is 120 Å². The lowest BCUT2D eigenvalue weighted by Crippen LogP contribution is -2.40. The van der Waals surface area contributed by atoms with E-state index in [-0.39, 0.29) is 18.9 Å². The third kappa shape index (κ3) is 5.59. The van der Waals surface area contributed by atoms with Crippen LogP contribution < -0.4 is 10.9 Å². The first kappa shape index (κ1) is 19.4. The second-order valence-corrected chi connectivity index (χ2v) is 5.80. The zero-order valence-electron chi connectivity index (χ0n) is 14.4. The van der Waals surface area contributed by atoms with Gasteiger partial charge in [0.05, 0.1) is 18.0 Å². The van der Waals surface area contributed by atoms with E-state index in [0.29, 0.717) is 22.5 Å². The average Bonchev–Trinajstić information content (AvgIpc) is 2.65. The summed E-state index contributed by atoms with van der Waals surface area (Å²) in [5.41, 5.74) is 5.71. The number of carbonyl (C=O) groups is 2. The number of nitrogens with one attached hydrogen (secondary N) is 2. The Balaban J connectivity index is 1.98. The van der Waals surface area contributed by atoms with Crippen LogP contribution in [0.2, 0.25) is 0 Å². The average molecular weight is 364 g/mol. The second kappa shape index (κ2) is 9.56. The summed E-state index contributed by atoms with van der Waals surface area (Å²) in [7, 11) is 0. The van der Waals surface area contributed by atoms with Gasteiger partial charge in [0.1, 0.15) is 11.3 Å². The number of anilines is 1. The monoisotopic (exact) mass is 364 g/mol. The molecule has 1 aromatic carbocycles. The number of halogens is 1. The van der Waals surface area contributed by atoms with Crippen molar-refractivity contribution in [3.05, 3.63) is 24.0 Å². The number of fused-ring (bicyclic) bond motifs is 1. The van der Waals surface area contributed by atoms with Crippen molar-refractivity contribution in [1.82, 2.24) is 25.7 Å². The number of carbonyl (C=O) groups excluding carboxylic acids is 2. The van der Waals surface area contributed by atoms with Gasteiger partial charge in [-0.15, -0.1) is 10.2 Å². The molecular formula is C16H21FN6O3. The van der Waals surface area contributed by atoms with Crippen LogP contribution in [0.15, 0.2) is 18.2 Å². The quantitative estimate of drug-likeness (QED) is 0.254. The summed E-state index contributed by atoms with van der Waals surface area (Å²) in [5.74, 6) is -1.40. The number of amides is 2. The standard InChI is InChI=1S/C16H21FN6O3/c1-2-3-4-5-11(9-23(26)10-24)15(25)20-22-16-18-13-7-6-12(17)8-14(13)19-21-16/h6-8,10-11,26H,2-5,9H2,1H3,(H,20,25)(H,18,21,22)/t11-/m0/s1. The molecule has 0 aliphatic heterocycles. The lowest BCUT2D eigenvalue weighted by molar-refractivity contribution is -0.154. The van der Waals surface area contributed by atoms with Gasteiger partial charge in [0.15, 0.2) is 0 Å². The van der Waals surface area contributed by atoms with Crippen LogP contribution in [-0.2, 0) is 9.59 Å². The Kier molecular flexibility index (Phi) is 7.15. The first-order chi connectivity index (χ1) is 12.5. The summed E-state index contributed by atoms with van der Waals surface area (Å²) < 4.78 is 13.1. The van der Waals surface area contributed by atoms with Gasteiger partial charge in [-0.25, -0.2) is 14.4 Å². The van der Waals surface area contributed by atoms with Gasteiger partial charge in [-0.2, -0.15) is 0 Å². The van der Waals surface area contributed by atoms with Gasteiger partial charge in [0, 0.05) is 6.07 Å². The zero-order chi connectivity index (χ0) is 18.9. The summed E-state index contributed by atoms with van der Waals surface area (Å²) >= 11 is 0. The van der Waals surface area contributed by atoms with Gasteiger partial charge in [-0.1, -0.05) is 26.2 Å². The Labute approximate surface area is 149 Å². The highest BCUT2D eigenvalue weighted by atomic mass is 19.1. The number of hydrogen-bond donors (Lipinski definition) is 3. The SMILES string of the molecule is CCCCC[C@@H](CN(O)C=O)C(=O)NNc1nnc2cc(F)ccc2n1. The maximum absolute atomic E-state index is 13.1. The van der Waals surface area contributed by atoms with Crippen LogP contribution in [0.5, 0.6) is 0 Å². The van der Waals surface area contributed by atoms with Crippen LogP contribution >= 0.6 is 0 Å². The van der Waals surface area contributed by atoms with Crippen molar-refractivity contribution in [2.75, 3.05) is 12.0 Å². The van der Waals surface area contributed by atoms with E-state index < -0.39 is 17.6 Å². The highest BCUT2D eigenvalue weighted by molar-refractivity contribution is 5.80. The van der Waals surface area contributed by atoms with E-state index in [0.717, 1.165) is 19.3 Å². The largest absolute Gasteiger partial charge is 0.286 e. The predicted molar refractivity (Wildman–Crippen MR) is 91.2 cm³/mol. The van der Waals surface area contributed by atoms with Crippen molar-refractivity contribution in [1.29, 1.82) is 0 Å². The number of hydrazine groups is 1. The van der Waals surface area contributed by atoms with Crippen molar-refractivity contribution in [2.24, 2.45) is 5.92 Å². The molecule has 1 aromatic heterocycles. The normalized spacial score (nSPS) is 11.8. The van der Waals surface area contributed by atoms with E-state index in [2.05, 4.69) is 26.0 Å². The van der Waals surface area contributed by atoms with E-state index in [1.165, 1.54) is 18.2 Å². The molecule has 0 aliphatic rings. The van der Waals surface area contributed by atoms with Crippen molar-refractivity contribution in [3.63, 3.8) is 0 Å². The summed E-state index contributed by atoms with van der Waals surface area (Å²) in [6.07, 6.45) is 3.49. The molecule has 0 spiro atoms. The number of rotatable bonds is 10. The molecule has 26 heavy (non-hydrogen) atoms. The lowest BCUT2D eigenvalue weighted by Gasteiger charge is -2.19. The molecule has 2 rings (SSSR count). The summed E-state index contributed by atoms with van der Waals surface area (Å²) in [5, 5.41) is 17.4.